The smallest absolute Gasteiger partial charge is 0.322 e. The third kappa shape index (κ3) is 7.28. The normalized spacial score (nSPS) is 10.7. The molecule has 0 unspecified atom stereocenters. The third-order valence-corrected chi connectivity index (χ3v) is 5.21. The molecule has 1 heterocycles. The van der Waals surface area contributed by atoms with Crippen LogP contribution in [0.2, 0.25) is 0 Å². The number of rotatable bonds is 12. The van der Waals surface area contributed by atoms with Crippen molar-refractivity contribution in [2.75, 3.05) is 38.1 Å². The molecule has 34 heavy (non-hydrogen) atoms. The summed E-state index contributed by atoms with van der Waals surface area (Å²) in [6.45, 7) is 7.43. The predicted octanol–water partition coefficient (Wildman–Crippen LogP) is 3.42. The van der Waals surface area contributed by atoms with E-state index in [1.165, 1.54) is 0 Å². The van der Waals surface area contributed by atoms with Crippen molar-refractivity contribution >= 4 is 23.5 Å². The zero-order valence-corrected chi connectivity index (χ0v) is 19.3. The Morgan fingerprint density at radius 2 is 1.59 bits per heavy atom. The van der Waals surface area contributed by atoms with Crippen molar-refractivity contribution < 1.29 is 19.4 Å². The molecule has 1 amide bonds. The molecule has 3 rings (SSSR count). The molecular weight excluding hydrogens is 434 g/mol. The Morgan fingerprint density at radius 3 is 2.18 bits per heavy atom. The van der Waals surface area contributed by atoms with Crippen LogP contribution in [0.15, 0.2) is 60.9 Å². The van der Waals surface area contributed by atoms with Gasteiger partial charge in [-0.1, -0.05) is 26.0 Å². The molecule has 3 aromatic rings. The fourth-order valence-electron chi connectivity index (χ4n) is 3.21. The quantitative estimate of drug-likeness (QED) is 0.374. The highest BCUT2D eigenvalue weighted by Crippen LogP contribution is 2.21. The topological polar surface area (TPSA) is 117 Å². The molecule has 0 aliphatic rings. The molecular formula is C25H29N5O4. The zero-order chi connectivity index (χ0) is 24.3. The maximum absolute atomic E-state index is 11.9. The summed E-state index contributed by atoms with van der Waals surface area (Å²) >= 11 is 0. The molecule has 0 saturated heterocycles. The van der Waals surface area contributed by atoms with Gasteiger partial charge in [0, 0.05) is 35.8 Å². The molecule has 0 aliphatic carbocycles. The van der Waals surface area contributed by atoms with Gasteiger partial charge in [-0.3, -0.25) is 9.59 Å². The van der Waals surface area contributed by atoms with Crippen LogP contribution >= 0.6 is 0 Å². The molecule has 0 aliphatic heterocycles. The largest absolute Gasteiger partial charge is 0.492 e. The Kier molecular flexibility index (Phi) is 8.93. The molecule has 0 radical (unpaired) electrons. The monoisotopic (exact) mass is 463 g/mol. The molecule has 0 saturated carbocycles. The lowest BCUT2D eigenvalue weighted by molar-refractivity contribution is -0.135. The second-order valence-corrected chi connectivity index (χ2v) is 7.47. The van der Waals surface area contributed by atoms with Crippen LogP contribution in [0.1, 0.15) is 24.2 Å². The van der Waals surface area contributed by atoms with Crippen LogP contribution in [0, 0.1) is 0 Å². The molecule has 9 nitrogen and oxygen atoms in total. The van der Waals surface area contributed by atoms with E-state index in [1.807, 2.05) is 24.3 Å². The third-order valence-electron chi connectivity index (χ3n) is 5.21. The number of ether oxygens (including phenoxy) is 1. The van der Waals surface area contributed by atoms with Crippen LogP contribution < -0.4 is 15.4 Å². The van der Waals surface area contributed by atoms with Crippen LogP contribution in [-0.4, -0.2) is 64.6 Å². The number of amides is 1. The van der Waals surface area contributed by atoms with Crippen LogP contribution in [-0.2, 0) is 4.79 Å². The van der Waals surface area contributed by atoms with Crippen molar-refractivity contribution in [2.45, 2.75) is 13.8 Å². The summed E-state index contributed by atoms with van der Waals surface area (Å²) in [6.07, 6.45) is 3.39. The average Bonchev–Trinajstić information content (AvgIpc) is 2.87. The van der Waals surface area contributed by atoms with Crippen molar-refractivity contribution in [3.05, 3.63) is 66.5 Å². The van der Waals surface area contributed by atoms with Crippen molar-refractivity contribution in [3.63, 3.8) is 0 Å². The standard InChI is InChI=1S/C25H29N5O4/c1-3-30(4-2)13-14-34-22-11-9-21(10-12-22)29-25-27-15-20(16-28-25)18-5-7-19(8-6-18)24(33)26-17-23(31)32/h5-12,15-16H,3-4,13-14,17H2,1-2H3,(H,26,33)(H,31,32)(H,27,28,29). The van der Waals surface area contributed by atoms with E-state index in [4.69, 9.17) is 9.84 Å². The summed E-state index contributed by atoms with van der Waals surface area (Å²) < 4.78 is 5.81. The number of anilines is 2. The first-order valence-corrected chi connectivity index (χ1v) is 11.1. The minimum absolute atomic E-state index is 0.379. The van der Waals surface area contributed by atoms with E-state index in [2.05, 4.69) is 39.3 Å². The fraction of sp³-hybridized carbons (Fsp3) is 0.280. The molecule has 1 aromatic heterocycles. The highest BCUT2D eigenvalue weighted by molar-refractivity contribution is 5.96. The second kappa shape index (κ2) is 12.3. The van der Waals surface area contributed by atoms with E-state index in [9.17, 15) is 9.59 Å². The number of hydrogen-bond donors (Lipinski definition) is 3. The van der Waals surface area contributed by atoms with Crippen LogP contribution in [0.25, 0.3) is 11.1 Å². The average molecular weight is 464 g/mol. The van der Waals surface area contributed by atoms with Gasteiger partial charge in [-0.25, -0.2) is 9.97 Å². The number of aromatic nitrogens is 2. The van der Waals surface area contributed by atoms with Crippen molar-refractivity contribution in [1.82, 2.24) is 20.2 Å². The Bertz CT molecular complexity index is 1070. The Hall–Kier alpha value is -3.98. The predicted molar refractivity (Wildman–Crippen MR) is 130 cm³/mol. The summed E-state index contributed by atoms with van der Waals surface area (Å²) in [5.74, 6) is -0.256. The molecule has 2 aromatic carbocycles. The van der Waals surface area contributed by atoms with Crippen molar-refractivity contribution in [2.24, 2.45) is 0 Å². The maximum atomic E-state index is 11.9. The van der Waals surface area contributed by atoms with Gasteiger partial charge >= 0.3 is 5.97 Å². The number of likely N-dealkylation sites (N-methyl/N-ethyl adjacent to an activating group) is 1. The van der Waals surface area contributed by atoms with Crippen LogP contribution in [0.5, 0.6) is 5.75 Å². The number of hydrogen-bond acceptors (Lipinski definition) is 7. The number of carbonyl (C=O) groups excluding carboxylic acids is 1. The van der Waals surface area contributed by atoms with Gasteiger partial charge in [0.05, 0.1) is 0 Å². The van der Waals surface area contributed by atoms with Gasteiger partial charge in [0.25, 0.3) is 5.91 Å². The first kappa shape index (κ1) is 24.7. The molecule has 0 bridgehead atoms. The van der Waals surface area contributed by atoms with Gasteiger partial charge in [-0.15, -0.1) is 0 Å². The van der Waals surface area contributed by atoms with E-state index >= 15 is 0 Å². The van der Waals surface area contributed by atoms with Gasteiger partial charge in [0.2, 0.25) is 5.95 Å². The van der Waals surface area contributed by atoms with Crippen molar-refractivity contribution in [1.29, 1.82) is 0 Å². The SMILES string of the molecule is CCN(CC)CCOc1ccc(Nc2ncc(-c3ccc(C(=O)NCC(=O)O)cc3)cn2)cc1. The van der Waals surface area contributed by atoms with Crippen LogP contribution in [0.3, 0.4) is 0 Å². The van der Waals surface area contributed by atoms with Gasteiger partial charge in [0.1, 0.15) is 18.9 Å². The van der Waals surface area contributed by atoms with E-state index in [1.54, 1.807) is 36.7 Å². The highest BCUT2D eigenvalue weighted by atomic mass is 16.5. The van der Waals surface area contributed by atoms with E-state index in [0.717, 1.165) is 42.2 Å². The first-order chi connectivity index (χ1) is 16.5. The van der Waals surface area contributed by atoms with Gasteiger partial charge in [-0.2, -0.15) is 0 Å². The maximum Gasteiger partial charge on any atom is 0.322 e. The number of carboxylic acids is 1. The lowest BCUT2D eigenvalue weighted by atomic mass is 10.1. The number of nitrogens with zero attached hydrogens (tertiary/aromatic N) is 3. The molecule has 178 valence electrons. The Labute approximate surface area is 198 Å². The van der Waals surface area contributed by atoms with Gasteiger partial charge < -0.3 is 25.4 Å². The molecule has 0 spiro atoms. The van der Waals surface area contributed by atoms with Gasteiger partial charge in [0.15, 0.2) is 0 Å². The number of benzene rings is 2. The number of carbonyl (C=O) groups is 2. The van der Waals surface area contributed by atoms with E-state index in [-0.39, 0.29) is 0 Å². The summed E-state index contributed by atoms with van der Waals surface area (Å²) in [7, 11) is 0. The lowest BCUT2D eigenvalue weighted by Gasteiger charge is -2.18. The minimum atomic E-state index is -1.09. The van der Waals surface area contributed by atoms with E-state index < -0.39 is 18.4 Å². The molecule has 3 N–H and O–H groups in total. The Balaban J connectivity index is 1.53. The molecule has 0 fully saturated rings. The van der Waals surface area contributed by atoms with Crippen molar-refractivity contribution in [3.8, 4) is 16.9 Å². The number of nitrogens with one attached hydrogen (secondary N) is 2. The molecule has 9 heteroatoms. The highest BCUT2D eigenvalue weighted by Gasteiger charge is 2.08. The van der Waals surface area contributed by atoms with Gasteiger partial charge in [-0.05, 0) is 55.1 Å². The Morgan fingerprint density at radius 1 is 0.941 bits per heavy atom. The summed E-state index contributed by atoms with van der Waals surface area (Å²) in [5.41, 5.74) is 2.86. The first-order valence-electron chi connectivity index (χ1n) is 11.1. The lowest BCUT2D eigenvalue weighted by Crippen LogP contribution is -2.29. The number of aliphatic carboxylic acids is 1. The minimum Gasteiger partial charge on any atom is -0.492 e. The van der Waals surface area contributed by atoms with E-state index in [0.29, 0.717) is 18.1 Å². The summed E-state index contributed by atoms with van der Waals surface area (Å²) in [6, 6.07) is 14.4. The second-order valence-electron chi connectivity index (χ2n) is 7.47. The number of carboxylic acid groups (broad SMARTS) is 1. The fourth-order valence-corrected chi connectivity index (χ4v) is 3.21. The van der Waals surface area contributed by atoms with Crippen LogP contribution in [0.4, 0.5) is 11.6 Å². The zero-order valence-electron chi connectivity index (χ0n) is 19.3. The summed E-state index contributed by atoms with van der Waals surface area (Å²) in [5, 5.41) is 14.1. The molecule has 0 atom stereocenters. The summed E-state index contributed by atoms with van der Waals surface area (Å²) in [4.78, 5) is 33.5.